The van der Waals surface area contributed by atoms with Gasteiger partial charge in [0.05, 0.1) is 18.4 Å². The van der Waals surface area contributed by atoms with Crippen LogP contribution in [0, 0.1) is 0 Å². The third-order valence-corrected chi connectivity index (χ3v) is 4.49. The van der Waals surface area contributed by atoms with E-state index in [2.05, 4.69) is 35.3 Å². The number of carbonyl (C=O) groups is 2. The summed E-state index contributed by atoms with van der Waals surface area (Å²) in [5, 5.41) is 11.0. The second-order valence-electron chi connectivity index (χ2n) is 6.42. The molecule has 0 unspecified atom stereocenters. The summed E-state index contributed by atoms with van der Waals surface area (Å²) in [6.07, 6.45) is 2.30. The second kappa shape index (κ2) is 10.4. The molecule has 0 saturated heterocycles. The molecule has 13 heteroatoms. The Labute approximate surface area is 180 Å². The molecule has 0 aliphatic heterocycles. The first-order valence-corrected chi connectivity index (χ1v) is 10.1. The first-order chi connectivity index (χ1) is 15.0. The number of aromatic amines is 1. The van der Waals surface area contributed by atoms with Crippen molar-refractivity contribution in [2.24, 2.45) is 5.14 Å². The number of nitrogens with one attached hydrogen (secondary N) is 4. The van der Waals surface area contributed by atoms with E-state index in [0.717, 1.165) is 17.8 Å². The SMILES string of the molecule is NSNC(=O)CCCNC(=O)c1ccc(NCc2cnc3nc(N)[nH]c(=O)c3n2)cc1. The standard InChI is InChI=1S/C18H21N9O3S/c19-18-25-15-14(17(30)26-18)24-12(9-23-15)8-22-11-5-3-10(4-6-11)16(29)21-7-1-2-13(28)27-31-20/h3-6,9,22H,1-2,7-8,20H2,(H,21,29)(H,27,28)(H3,19,23,25,26,30). The van der Waals surface area contributed by atoms with Crippen LogP contribution in [0.2, 0.25) is 0 Å². The van der Waals surface area contributed by atoms with Crippen molar-refractivity contribution in [3.63, 3.8) is 0 Å². The largest absolute Gasteiger partial charge is 0.379 e. The van der Waals surface area contributed by atoms with Gasteiger partial charge in [0, 0.05) is 36.4 Å². The highest BCUT2D eigenvalue weighted by atomic mass is 32.2. The van der Waals surface area contributed by atoms with E-state index in [9.17, 15) is 14.4 Å². The number of fused-ring (bicyclic) bond motifs is 1. The lowest BCUT2D eigenvalue weighted by Gasteiger charge is -2.08. The van der Waals surface area contributed by atoms with Crippen molar-refractivity contribution in [3.8, 4) is 0 Å². The Balaban J connectivity index is 1.51. The summed E-state index contributed by atoms with van der Waals surface area (Å²) in [4.78, 5) is 50.1. The minimum Gasteiger partial charge on any atom is -0.379 e. The fourth-order valence-corrected chi connectivity index (χ4v) is 2.89. The molecule has 0 spiro atoms. The number of nitrogens with two attached hydrogens (primary N) is 2. The van der Waals surface area contributed by atoms with Crippen molar-refractivity contribution >= 4 is 46.7 Å². The number of carbonyl (C=O) groups excluding carboxylic acids is 2. The Morgan fingerprint density at radius 1 is 1.16 bits per heavy atom. The molecule has 12 nitrogen and oxygen atoms in total. The highest BCUT2D eigenvalue weighted by Crippen LogP contribution is 2.11. The maximum Gasteiger partial charge on any atom is 0.280 e. The lowest BCUT2D eigenvalue weighted by atomic mass is 10.2. The van der Waals surface area contributed by atoms with Crippen LogP contribution in [0.15, 0.2) is 35.3 Å². The predicted molar refractivity (Wildman–Crippen MR) is 118 cm³/mol. The molecule has 0 saturated carbocycles. The molecule has 1 aromatic carbocycles. The number of hydrogen-bond acceptors (Lipinski definition) is 10. The fourth-order valence-electron chi connectivity index (χ4n) is 2.66. The molecule has 0 bridgehead atoms. The molecular formula is C18H21N9O3S. The number of nitrogens with zero attached hydrogens (tertiary/aromatic N) is 3. The molecule has 0 radical (unpaired) electrons. The number of H-pyrrole nitrogens is 1. The van der Waals surface area contributed by atoms with Gasteiger partial charge < -0.3 is 16.4 Å². The lowest BCUT2D eigenvalue weighted by Crippen LogP contribution is -2.26. The molecule has 2 amide bonds. The first-order valence-electron chi connectivity index (χ1n) is 9.24. The van der Waals surface area contributed by atoms with E-state index in [0.29, 0.717) is 30.8 Å². The van der Waals surface area contributed by atoms with Crippen LogP contribution in [-0.4, -0.2) is 38.3 Å². The van der Waals surface area contributed by atoms with Gasteiger partial charge in [-0.1, -0.05) is 0 Å². The average molecular weight is 443 g/mol. The van der Waals surface area contributed by atoms with Gasteiger partial charge in [0.25, 0.3) is 11.5 Å². The van der Waals surface area contributed by atoms with Crippen LogP contribution < -0.4 is 31.8 Å². The summed E-state index contributed by atoms with van der Waals surface area (Å²) in [7, 11) is 0. The smallest absolute Gasteiger partial charge is 0.280 e. The number of rotatable bonds is 9. The van der Waals surface area contributed by atoms with E-state index in [1.165, 1.54) is 6.20 Å². The molecule has 0 fully saturated rings. The number of aromatic nitrogens is 4. The summed E-state index contributed by atoms with van der Waals surface area (Å²) >= 11 is 0.753. The zero-order valence-electron chi connectivity index (χ0n) is 16.3. The van der Waals surface area contributed by atoms with Crippen LogP contribution in [0.3, 0.4) is 0 Å². The number of anilines is 2. The Kier molecular flexibility index (Phi) is 7.35. The minimum absolute atomic E-state index is 0.0157. The van der Waals surface area contributed by atoms with Gasteiger partial charge in [0.2, 0.25) is 11.9 Å². The van der Waals surface area contributed by atoms with Crippen LogP contribution in [0.25, 0.3) is 11.2 Å². The highest BCUT2D eigenvalue weighted by Gasteiger charge is 2.08. The molecule has 3 rings (SSSR count). The molecule has 8 N–H and O–H groups in total. The molecule has 162 valence electrons. The van der Waals surface area contributed by atoms with Crippen LogP contribution in [0.4, 0.5) is 11.6 Å². The third kappa shape index (κ3) is 6.13. The number of hydrogen-bond donors (Lipinski definition) is 6. The van der Waals surface area contributed by atoms with Crippen molar-refractivity contribution in [2.45, 2.75) is 19.4 Å². The fraction of sp³-hybridized carbons (Fsp3) is 0.222. The van der Waals surface area contributed by atoms with Crippen LogP contribution in [-0.2, 0) is 11.3 Å². The molecule has 0 atom stereocenters. The maximum absolute atomic E-state index is 12.2. The molecule has 2 aromatic heterocycles. The van der Waals surface area contributed by atoms with Gasteiger partial charge in [-0.15, -0.1) is 0 Å². The van der Waals surface area contributed by atoms with E-state index in [1.54, 1.807) is 24.3 Å². The molecule has 3 aromatic rings. The van der Waals surface area contributed by atoms with Crippen molar-refractivity contribution in [3.05, 3.63) is 52.1 Å². The number of amides is 2. The predicted octanol–water partition coefficient (Wildman–Crippen LogP) is 0.0555. The van der Waals surface area contributed by atoms with Crippen LogP contribution >= 0.6 is 12.1 Å². The topological polar surface area (TPSA) is 194 Å². The summed E-state index contributed by atoms with van der Waals surface area (Å²) in [5.74, 6) is -0.428. The van der Waals surface area contributed by atoms with Crippen LogP contribution in [0.1, 0.15) is 28.9 Å². The van der Waals surface area contributed by atoms with Crippen molar-refractivity contribution in [2.75, 3.05) is 17.6 Å². The Morgan fingerprint density at radius 2 is 1.94 bits per heavy atom. The van der Waals surface area contributed by atoms with Gasteiger partial charge >= 0.3 is 0 Å². The quantitative estimate of drug-likeness (QED) is 0.194. The zero-order valence-corrected chi connectivity index (χ0v) is 17.2. The van der Waals surface area contributed by atoms with Gasteiger partial charge in [-0.25, -0.2) is 9.97 Å². The first kappa shape index (κ1) is 22.0. The highest BCUT2D eigenvalue weighted by molar-refractivity contribution is 7.95. The van der Waals surface area contributed by atoms with Gasteiger partial charge in [0.1, 0.15) is 0 Å². The summed E-state index contributed by atoms with van der Waals surface area (Å²) in [6, 6.07) is 6.87. The van der Waals surface area contributed by atoms with E-state index < -0.39 is 5.56 Å². The Morgan fingerprint density at radius 3 is 2.68 bits per heavy atom. The molecule has 0 aliphatic rings. The van der Waals surface area contributed by atoms with Crippen LogP contribution in [0.5, 0.6) is 0 Å². The van der Waals surface area contributed by atoms with Gasteiger partial charge in [0.15, 0.2) is 11.2 Å². The average Bonchev–Trinajstić information content (AvgIpc) is 2.76. The normalized spacial score (nSPS) is 10.6. The summed E-state index contributed by atoms with van der Waals surface area (Å²) in [6.45, 7) is 0.698. The van der Waals surface area contributed by atoms with E-state index in [-0.39, 0.29) is 35.3 Å². The van der Waals surface area contributed by atoms with Crippen molar-refractivity contribution < 1.29 is 9.59 Å². The zero-order chi connectivity index (χ0) is 22.2. The lowest BCUT2D eigenvalue weighted by molar-refractivity contribution is -0.119. The van der Waals surface area contributed by atoms with Crippen molar-refractivity contribution in [1.82, 2.24) is 30.0 Å². The third-order valence-electron chi connectivity index (χ3n) is 4.15. The van der Waals surface area contributed by atoms with E-state index >= 15 is 0 Å². The molecule has 0 aliphatic carbocycles. The molecule has 31 heavy (non-hydrogen) atoms. The van der Waals surface area contributed by atoms with E-state index in [4.69, 9.17) is 10.9 Å². The van der Waals surface area contributed by atoms with Gasteiger partial charge in [-0.3, -0.25) is 29.2 Å². The number of benzene rings is 1. The van der Waals surface area contributed by atoms with Crippen molar-refractivity contribution in [1.29, 1.82) is 0 Å². The summed E-state index contributed by atoms with van der Waals surface area (Å²) < 4.78 is 2.41. The second-order valence-corrected chi connectivity index (χ2v) is 6.86. The molecule has 2 heterocycles. The Bertz CT molecular complexity index is 1130. The summed E-state index contributed by atoms with van der Waals surface area (Å²) in [5.41, 5.74) is 7.13. The van der Waals surface area contributed by atoms with E-state index in [1.807, 2.05) is 0 Å². The Hall–Kier alpha value is -3.71. The van der Waals surface area contributed by atoms with Gasteiger partial charge in [-0.2, -0.15) is 4.98 Å². The monoisotopic (exact) mass is 443 g/mol. The maximum atomic E-state index is 12.2. The minimum atomic E-state index is -0.453. The number of nitrogen functional groups attached to an aromatic ring is 1. The molecular weight excluding hydrogens is 422 g/mol. The van der Waals surface area contributed by atoms with Gasteiger partial charge in [-0.05, 0) is 30.7 Å².